The summed E-state index contributed by atoms with van der Waals surface area (Å²) in [5, 5.41) is 1.27. The van der Waals surface area contributed by atoms with E-state index in [0.717, 1.165) is 45.9 Å². The van der Waals surface area contributed by atoms with Gasteiger partial charge in [0.1, 0.15) is 0 Å². The molecule has 0 aromatic carbocycles. The molecule has 2 fully saturated rings. The van der Waals surface area contributed by atoms with Gasteiger partial charge in [0.15, 0.2) is 5.17 Å². The predicted octanol–water partition coefficient (Wildman–Crippen LogP) is 1.66. The fraction of sp³-hybridized carbons (Fsp3) is 0.929. The Labute approximate surface area is 120 Å². The van der Waals surface area contributed by atoms with Crippen LogP contribution in [0.2, 0.25) is 0 Å². The lowest BCUT2D eigenvalue weighted by Crippen LogP contribution is -2.49. The van der Waals surface area contributed by atoms with Crippen molar-refractivity contribution in [1.29, 1.82) is 0 Å². The van der Waals surface area contributed by atoms with E-state index >= 15 is 0 Å². The zero-order valence-corrected chi connectivity index (χ0v) is 12.9. The highest BCUT2D eigenvalue weighted by Crippen LogP contribution is 2.33. The summed E-state index contributed by atoms with van der Waals surface area (Å²) >= 11 is 1.94. The second-order valence-electron chi connectivity index (χ2n) is 6.38. The Morgan fingerprint density at radius 3 is 2.68 bits per heavy atom. The van der Waals surface area contributed by atoms with E-state index in [1.165, 1.54) is 18.0 Å². The molecule has 2 saturated heterocycles. The number of amidine groups is 1. The lowest BCUT2D eigenvalue weighted by atomic mass is 10.2. The molecular weight excluding hydrogens is 258 g/mol. The number of ether oxygens (including phenoxy) is 1. The van der Waals surface area contributed by atoms with Gasteiger partial charge in [-0.2, -0.15) is 0 Å². The molecular formula is C14H25N3OS. The highest BCUT2D eigenvalue weighted by atomic mass is 32.2. The monoisotopic (exact) mass is 283 g/mol. The largest absolute Gasteiger partial charge is 0.377 e. The quantitative estimate of drug-likeness (QED) is 0.770. The van der Waals surface area contributed by atoms with Gasteiger partial charge in [0.2, 0.25) is 0 Å². The zero-order valence-electron chi connectivity index (χ0n) is 12.1. The Bertz CT molecular complexity index is 345. The Morgan fingerprint density at radius 1 is 1.32 bits per heavy atom. The molecule has 0 saturated carbocycles. The molecule has 1 atom stereocenters. The van der Waals surface area contributed by atoms with Crippen LogP contribution in [-0.2, 0) is 4.74 Å². The topological polar surface area (TPSA) is 28.1 Å². The van der Waals surface area contributed by atoms with Crippen molar-refractivity contribution >= 4 is 16.9 Å². The second-order valence-corrected chi connectivity index (χ2v) is 8.06. The lowest BCUT2D eigenvalue weighted by Gasteiger charge is -2.36. The van der Waals surface area contributed by atoms with Gasteiger partial charge < -0.3 is 9.64 Å². The standard InChI is InChI=1S/C14H25N3OS/c1-14(2)11-15-13(19-14)17-7-5-16(6-8-17)10-12-4-3-9-18-12/h12H,3-11H2,1-2H3/t12-/m0/s1. The van der Waals surface area contributed by atoms with E-state index in [0.29, 0.717) is 10.9 Å². The fourth-order valence-electron chi connectivity index (χ4n) is 2.93. The minimum absolute atomic E-state index is 0.296. The van der Waals surface area contributed by atoms with E-state index < -0.39 is 0 Å². The van der Waals surface area contributed by atoms with Crippen molar-refractivity contribution in [3.8, 4) is 0 Å². The van der Waals surface area contributed by atoms with Crippen LogP contribution in [0.25, 0.3) is 0 Å². The van der Waals surface area contributed by atoms with Crippen molar-refractivity contribution < 1.29 is 4.74 Å². The number of hydrogen-bond acceptors (Lipinski definition) is 5. The number of piperazine rings is 1. The number of hydrogen-bond donors (Lipinski definition) is 0. The van der Waals surface area contributed by atoms with Gasteiger partial charge in [-0.15, -0.1) is 0 Å². The molecule has 108 valence electrons. The van der Waals surface area contributed by atoms with Crippen LogP contribution < -0.4 is 0 Å². The van der Waals surface area contributed by atoms with Gasteiger partial charge in [0, 0.05) is 44.1 Å². The molecule has 0 aliphatic carbocycles. The van der Waals surface area contributed by atoms with Gasteiger partial charge >= 0.3 is 0 Å². The molecule has 3 rings (SSSR count). The van der Waals surface area contributed by atoms with Crippen LogP contribution in [0.5, 0.6) is 0 Å². The van der Waals surface area contributed by atoms with Crippen LogP contribution in [0.15, 0.2) is 4.99 Å². The molecule has 5 heteroatoms. The molecule has 3 aliphatic heterocycles. The van der Waals surface area contributed by atoms with Crippen LogP contribution in [-0.4, -0.2) is 71.7 Å². The molecule has 0 aromatic rings. The van der Waals surface area contributed by atoms with Crippen molar-refractivity contribution in [1.82, 2.24) is 9.80 Å². The molecule has 0 N–H and O–H groups in total. The van der Waals surface area contributed by atoms with Crippen LogP contribution in [0.4, 0.5) is 0 Å². The Morgan fingerprint density at radius 2 is 2.11 bits per heavy atom. The fourth-order valence-corrected chi connectivity index (χ4v) is 4.00. The highest BCUT2D eigenvalue weighted by Gasteiger charge is 2.32. The third kappa shape index (κ3) is 3.44. The molecule has 0 aromatic heterocycles. The minimum Gasteiger partial charge on any atom is -0.377 e. The van der Waals surface area contributed by atoms with Gasteiger partial charge in [-0.1, -0.05) is 11.8 Å². The lowest BCUT2D eigenvalue weighted by molar-refractivity contribution is 0.0607. The Balaban J connectivity index is 1.44. The zero-order chi connectivity index (χ0) is 13.3. The van der Waals surface area contributed by atoms with Crippen LogP contribution in [0.1, 0.15) is 26.7 Å². The molecule has 4 nitrogen and oxygen atoms in total. The first-order valence-corrected chi connectivity index (χ1v) is 8.26. The van der Waals surface area contributed by atoms with Crippen molar-refractivity contribution in [3.05, 3.63) is 0 Å². The predicted molar refractivity (Wildman–Crippen MR) is 81.0 cm³/mol. The molecule has 19 heavy (non-hydrogen) atoms. The maximum Gasteiger partial charge on any atom is 0.159 e. The first-order valence-electron chi connectivity index (χ1n) is 7.45. The summed E-state index contributed by atoms with van der Waals surface area (Å²) < 4.78 is 6.02. The van der Waals surface area contributed by atoms with E-state index in [-0.39, 0.29) is 0 Å². The number of aliphatic imine (C=N–C) groups is 1. The SMILES string of the molecule is CC1(C)CN=C(N2CCN(C[C@@H]3CCCO3)CC2)S1. The highest BCUT2D eigenvalue weighted by molar-refractivity contribution is 8.15. The third-order valence-electron chi connectivity index (χ3n) is 4.09. The summed E-state index contributed by atoms with van der Waals surface area (Å²) in [6.07, 6.45) is 2.98. The van der Waals surface area contributed by atoms with Crippen LogP contribution in [0.3, 0.4) is 0 Å². The number of rotatable bonds is 2. The van der Waals surface area contributed by atoms with Crippen molar-refractivity contribution in [2.45, 2.75) is 37.5 Å². The van der Waals surface area contributed by atoms with Gasteiger partial charge in [0.05, 0.1) is 12.6 Å². The summed E-state index contributed by atoms with van der Waals surface area (Å²) in [7, 11) is 0. The first-order chi connectivity index (χ1) is 9.12. The Hall–Kier alpha value is -0.260. The van der Waals surface area contributed by atoms with Gasteiger partial charge in [-0.3, -0.25) is 9.89 Å². The van der Waals surface area contributed by atoms with E-state index in [9.17, 15) is 0 Å². The van der Waals surface area contributed by atoms with Crippen molar-refractivity contribution in [3.63, 3.8) is 0 Å². The molecule has 0 unspecified atom stereocenters. The van der Waals surface area contributed by atoms with Crippen LogP contribution in [0, 0.1) is 0 Å². The molecule has 0 bridgehead atoms. The van der Waals surface area contributed by atoms with Gasteiger partial charge in [-0.05, 0) is 26.7 Å². The van der Waals surface area contributed by atoms with E-state index in [2.05, 4.69) is 23.6 Å². The van der Waals surface area contributed by atoms with Crippen molar-refractivity contribution in [2.24, 2.45) is 4.99 Å². The van der Waals surface area contributed by atoms with Crippen LogP contribution >= 0.6 is 11.8 Å². The van der Waals surface area contributed by atoms with Crippen molar-refractivity contribution in [2.75, 3.05) is 45.9 Å². The smallest absolute Gasteiger partial charge is 0.159 e. The second kappa shape index (κ2) is 5.62. The summed E-state index contributed by atoms with van der Waals surface area (Å²) in [6.45, 7) is 12.2. The first kappa shape index (κ1) is 13.7. The van der Waals surface area contributed by atoms with Gasteiger partial charge in [-0.25, -0.2) is 0 Å². The average molecular weight is 283 g/mol. The third-order valence-corrected chi connectivity index (χ3v) is 5.34. The summed E-state index contributed by atoms with van der Waals surface area (Å²) in [5.74, 6) is 0. The maximum atomic E-state index is 5.73. The molecule has 0 amide bonds. The maximum absolute atomic E-state index is 5.73. The van der Waals surface area contributed by atoms with E-state index in [1.807, 2.05) is 11.8 Å². The molecule has 3 aliphatic rings. The minimum atomic E-state index is 0.296. The summed E-state index contributed by atoms with van der Waals surface area (Å²) in [6, 6.07) is 0. The molecule has 0 spiro atoms. The molecule has 0 radical (unpaired) electrons. The number of nitrogens with zero attached hydrogens (tertiary/aromatic N) is 3. The summed E-state index contributed by atoms with van der Waals surface area (Å²) in [4.78, 5) is 9.72. The normalized spacial score (nSPS) is 31.8. The average Bonchev–Trinajstić information content (AvgIpc) is 3.00. The summed E-state index contributed by atoms with van der Waals surface area (Å²) in [5.41, 5.74) is 0. The van der Waals surface area contributed by atoms with E-state index in [1.54, 1.807) is 0 Å². The molecule has 3 heterocycles. The van der Waals surface area contributed by atoms with Gasteiger partial charge in [0.25, 0.3) is 0 Å². The number of thioether (sulfide) groups is 1. The van der Waals surface area contributed by atoms with E-state index in [4.69, 9.17) is 9.73 Å². The Kier molecular flexibility index (Phi) is 4.06.